The van der Waals surface area contributed by atoms with E-state index in [0.717, 1.165) is 12.1 Å². The van der Waals surface area contributed by atoms with Gasteiger partial charge in [-0.15, -0.1) is 0 Å². The highest BCUT2D eigenvalue weighted by molar-refractivity contribution is 5.78. The summed E-state index contributed by atoms with van der Waals surface area (Å²) < 4.78 is 101. The first-order valence-corrected chi connectivity index (χ1v) is 5.13. The van der Waals surface area contributed by atoms with Crippen LogP contribution in [-0.2, 0) is 22.3 Å². The fourth-order valence-corrected chi connectivity index (χ4v) is 1.19. The van der Waals surface area contributed by atoms with E-state index in [4.69, 9.17) is 0 Å². The van der Waals surface area contributed by atoms with Crippen molar-refractivity contribution in [2.24, 2.45) is 0 Å². The molecule has 0 saturated heterocycles. The van der Waals surface area contributed by atoms with Crippen LogP contribution < -0.4 is 0 Å². The van der Waals surface area contributed by atoms with Crippen molar-refractivity contribution in [3.63, 3.8) is 0 Å². The molecular formula is C11H6F8O2. The molecule has 0 bridgehead atoms. The predicted octanol–water partition coefficient (Wildman–Crippen LogP) is 3.95. The first kappa shape index (κ1) is 17.2. The van der Waals surface area contributed by atoms with Gasteiger partial charge >= 0.3 is 24.2 Å². The highest BCUT2D eigenvalue weighted by Crippen LogP contribution is 2.36. The Morgan fingerprint density at radius 2 is 1.57 bits per heavy atom. The lowest BCUT2D eigenvalue weighted by Gasteiger charge is -2.18. The molecule has 0 aliphatic heterocycles. The van der Waals surface area contributed by atoms with E-state index in [2.05, 4.69) is 4.74 Å². The average molecular weight is 322 g/mol. The number of alkyl halides is 8. The fraction of sp³-hybridized carbons (Fsp3) is 0.364. The summed E-state index contributed by atoms with van der Waals surface area (Å²) in [7, 11) is 0. The van der Waals surface area contributed by atoms with Crippen LogP contribution in [-0.4, -0.2) is 18.1 Å². The molecule has 2 nitrogen and oxygen atoms in total. The Kier molecular flexibility index (Phi) is 4.49. The molecule has 0 spiro atoms. The quantitative estimate of drug-likeness (QED) is 0.622. The molecule has 0 atom stereocenters. The summed E-state index contributed by atoms with van der Waals surface area (Å²) in [6.45, 7) is -1.14. The maximum absolute atomic E-state index is 12.5. The van der Waals surface area contributed by atoms with E-state index in [9.17, 15) is 39.9 Å². The van der Waals surface area contributed by atoms with Gasteiger partial charge in [0.15, 0.2) is 0 Å². The molecular weight excluding hydrogens is 316 g/mol. The van der Waals surface area contributed by atoms with Crippen molar-refractivity contribution in [2.45, 2.75) is 24.9 Å². The maximum atomic E-state index is 12.5. The Labute approximate surface area is 112 Å². The zero-order chi connectivity index (χ0) is 16.5. The van der Waals surface area contributed by atoms with Gasteiger partial charge in [0, 0.05) is 0 Å². The lowest BCUT2D eigenvalue weighted by atomic mass is 10.1. The van der Waals surface area contributed by atoms with Crippen LogP contribution in [0.5, 0.6) is 0 Å². The first-order valence-electron chi connectivity index (χ1n) is 5.13. The van der Waals surface area contributed by atoms with Gasteiger partial charge in [-0.25, -0.2) is 4.79 Å². The van der Waals surface area contributed by atoms with E-state index in [-0.39, 0.29) is 5.56 Å². The molecule has 1 aromatic carbocycles. The first-order chi connectivity index (χ1) is 9.35. The number of halogens is 8. The number of carbonyl (C=O) groups is 1. The van der Waals surface area contributed by atoms with Crippen molar-refractivity contribution in [3.05, 3.63) is 35.4 Å². The number of hydrogen-bond acceptors (Lipinski definition) is 2. The molecule has 0 aromatic heterocycles. The van der Waals surface area contributed by atoms with Crippen LogP contribution in [0.15, 0.2) is 24.3 Å². The molecule has 1 aromatic rings. The third kappa shape index (κ3) is 4.05. The minimum Gasteiger partial charge on any atom is -0.456 e. The normalized spacial score (nSPS) is 13.1. The van der Waals surface area contributed by atoms with Crippen molar-refractivity contribution in [1.29, 1.82) is 0 Å². The second-order valence-corrected chi connectivity index (χ2v) is 3.85. The van der Waals surface area contributed by atoms with Crippen molar-refractivity contribution < 1.29 is 44.7 Å². The zero-order valence-corrected chi connectivity index (χ0v) is 9.86. The van der Waals surface area contributed by atoms with E-state index in [0.29, 0.717) is 12.1 Å². The van der Waals surface area contributed by atoms with Crippen molar-refractivity contribution in [3.8, 4) is 0 Å². The largest absolute Gasteiger partial charge is 0.465 e. The predicted molar refractivity (Wildman–Crippen MR) is 52.2 cm³/mol. The lowest BCUT2D eigenvalue weighted by Crippen LogP contribution is -2.45. The van der Waals surface area contributed by atoms with Crippen LogP contribution in [0.3, 0.4) is 0 Å². The molecule has 10 heteroatoms. The second-order valence-electron chi connectivity index (χ2n) is 3.85. The number of ether oxygens (including phenoxy) is 1. The monoisotopic (exact) mass is 322 g/mol. The standard InChI is InChI=1S/C11H6F8O2/c12-9(13,11(17,18)19)8(20)21-5-6-2-1-3-7(4-6)10(14,15)16/h1-4H,5H2. The van der Waals surface area contributed by atoms with Crippen molar-refractivity contribution >= 4 is 5.97 Å². The Morgan fingerprint density at radius 1 is 1.00 bits per heavy atom. The van der Waals surface area contributed by atoms with Crippen LogP contribution in [0.2, 0.25) is 0 Å². The summed E-state index contributed by atoms with van der Waals surface area (Å²) >= 11 is 0. The van der Waals surface area contributed by atoms with Gasteiger partial charge in [0.1, 0.15) is 6.61 Å². The van der Waals surface area contributed by atoms with Gasteiger partial charge in [-0.1, -0.05) is 12.1 Å². The molecule has 0 amide bonds. The molecule has 1 rings (SSSR count). The van der Waals surface area contributed by atoms with Crippen molar-refractivity contribution in [1.82, 2.24) is 0 Å². The number of rotatable bonds is 3. The molecule has 118 valence electrons. The summed E-state index contributed by atoms with van der Waals surface area (Å²) in [5, 5.41) is 0. The van der Waals surface area contributed by atoms with Gasteiger partial charge < -0.3 is 4.74 Å². The Bertz CT molecular complexity index is 518. The average Bonchev–Trinajstić information content (AvgIpc) is 2.33. The summed E-state index contributed by atoms with van der Waals surface area (Å²) in [6, 6.07) is 3.01. The van der Waals surface area contributed by atoms with Crippen molar-refractivity contribution in [2.75, 3.05) is 0 Å². The van der Waals surface area contributed by atoms with Gasteiger partial charge in [0.2, 0.25) is 0 Å². The van der Waals surface area contributed by atoms with Crippen LogP contribution in [0.1, 0.15) is 11.1 Å². The van der Waals surface area contributed by atoms with Gasteiger partial charge in [-0.3, -0.25) is 0 Å². The van der Waals surface area contributed by atoms with E-state index >= 15 is 0 Å². The van der Waals surface area contributed by atoms with Gasteiger partial charge in [-0.2, -0.15) is 35.1 Å². The zero-order valence-electron chi connectivity index (χ0n) is 9.86. The third-order valence-electron chi connectivity index (χ3n) is 2.24. The lowest BCUT2D eigenvalue weighted by molar-refractivity contribution is -0.281. The minimum absolute atomic E-state index is 0.379. The Morgan fingerprint density at radius 3 is 2.05 bits per heavy atom. The molecule has 0 unspecified atom stereocenters. The number of benzene rings is 1. The summed E-state index contributed by atoms with van der Waals surface area (Å²) in [4.78, 5) is 10.7. The summed E-state index contributed by atoms with van der Waals surface area (Å²) in [6.07, 6.45) is -10.9. The molecule has 0 aliphatic rings. The summed E-state index contributed by atoms with van der Waals surface area (Å²) in [5.74, 6) is -8.61. The number of esters is 1. The minimum atomic E-state index is -6.14. The molecule has 0 fully saturated rings. The fourth-order valence-electron chi connectivity index (χ4n) is 1.19. The molecule has 0 aliphatic carbocycles. The molecule has 0 saturated carbocycles. The summed E-state index contributed by atoms with van der Waals surface area (Å²) in [5.41, 5.74) is -1.53. The topological polar surface area (TPSA) is 26.3 Å². The highest BCUT2D eigenvalue weighted by atomic mass is 19.4. The van der Waals surface area contributed by atoms with Gasteiger partial charge in [0.05, 0.1) is 5.56 Å². The van der Waals surface area contributed by atoms with E-state index in [1.807, 2.05) is 0 Å². The maximum Gasteiger partial charge on any atom is 0.465 e. The van der Waals surface area contributed by atoms with Crippen LogP contribution in [0.4, 0.5) is 35.1 Å². The SMILES string of the molecule is O=C(OCc1cccc(C(F)(F)F)c1)C(F)(F)C(F)(F)F. The van der Waals surface area contributed by atoms with Crippen LogP contribution in [0, 0.1) is 0 Å². The van der Waals surface area contributed by atoms with E-state index < -0.39 is 36.4 Å². The Balaban J connectivity index is 2.79. The highest BCUT2D eigenvalue weighted by Gasteiger charge is 2.64. The number of hydrogen-bond donors (Lipinski definition) is 0. The number of carbonyl (C=O) groups excluding carboxylic acids is 1. The van der Waals surface area contributed by atoms with E-state index in [1.165, 1.54) is 0 Å². The molecule has 0 N–H and O–H groups in total. The van der Waals surface area contributed by atoms with Gasteiger partial charge in [0.25, 0.3) is 0 Å². The smallest absolute Gasteiger partial charge is 0.456 e. The van der Waals surface area contributed by atoms with Crippen LogP contribution in [0.25, 0.3) is 0 Å². The molecule has 0 heterocycles. The van der Waals surface area contributed by atoms with Gasteiger partial charge in [-0.05, 0) is 17.7 Å². The van der Waals surface area contributed by atoms with Crippen LogP contribution >= 0.6 is 0 Å². The second kappa shape index (κ2) is 5.49. The third-order valence-corrected chi connectivity index (χ3v) is 2.24. The van der Waals surface area contributed by atoms with E-state index in [1.54, 1.807) is 0 Å². The molecule has 21 heavy (non-hydrogen) atoms. The molecule has 0 radical (unpaired) electrons. The Hall–Kier alpha value is -1.87.